The highest BCUT2D eigenvalue weighted by Gasteiger charge is 2.18. The van der Waals surface area contributed by atoms with E-state index in [0.29, 0.717) is 27.6 Å². The van der Waals surface area contributed by atoms with E-state index < -0.39 is 0 Å². The van der Waals surface area contributed by atoms with Crippen molar-refractivity contribution in [3.05, 3.63) is 28.2 Å². The number of hydrogen-bond donors (Lipinski definition) is 1. The van der Waals surface area contributed by atoms with Gasteiger partial charge in [0.2, 0.25) is 11.9 Å². The second-order valence-corrected chi connectivity index (χ2v) is 6.02. The van der Waals surface area contributed by atoms with Gasteiger partial charge >= 0.3 is 0 Å². The first-order valence-electron chi connectivity index (χ1n) is 7.08. The highest BCUT2D eigenvalue weighted by Crippen LogP contribution is 2.27. The molecule has 1 aromatic carbocycles. The molecule has 7 heteroatoms. The molecular weight excluding hydrogens is 309 g/mol. The number of anilines is 2. The minimum atomic E-state index is 0.332. The molecule has 5 nitrogen and oxygen atoms in total. The molecule has 0 amide bonds. The smallest absolute Gasteiger partial charge is 0.246 e. The molecule has 0 spiro atoms. The number of nitrogens with zero attached hydrogens (tertiary/aromatic N) is 4. The van der Waals surface area contributed by atoms with Gasteiger partial charge < -0.3 is 10.6 Å². The first-order valence-corrected chi connectivity index (χ1v) is 7.83. The minimum absolute atomic E-state index is 0.332. The Bertz CT molecular complexity index is 632. The average Bonchev–Trinajstić information content (AvgIpc) is 2.67. The number of hydrogen-bond acceptors (Lipinski definition) is 4. The van der Waals surface area contributed by atoms with Crippen molar-refractivity contribution in [2.75, 3.05) is 23.7 Å². The molecular formula is C14H17Cl2N5. The number of halogens is 2. The molecule has 0 unspecified atom stereocenters. The van der Waals surface area contributed by atoms with Crippen LogP contribution in [0, 0.1) is 0 Å². The summed E-state index contributed by atoms with van der Waals surface area (Å²) in [6.45, 7) is 1.94. The van der Waals surface area contributed by atoms with Crippen LogP contribution >= 0.6 is 23.2 Å². The first-order chi connectivity index (χ1) is 10.1. The van der Waals surface area contributed by atoms with E-state index >= 15 is 0 Å². The monoisotopic (exact) mass is 325 g/mol. The van der Waals surface area contributed by atoms with Crippen molar-refractivity contribution in [2.24, 2.45) is 0 Å². The standard InChI is InChI=1S/C14H17Cl2N5/c15-10-5-6-12(11(16)9-10)21-13(17)18-14(19-21)20-7-3-1-2-4-8-20/h5-6,9H,1-4,7-8H2,(H2,17,18,19). The van der Waals surface area contributed by atoms with Crippen LogP contribution in [0.3, 0.4) is 0 Å². The number of benzene rings is 1. The van der Waals surface area contributed by atoms with Crippen LogP contribution in [0.15, 0.2) is 18.2 Å². The summed E-state index contributed by atoms with van der Waals surface area (Å²) in [7, 11) is 0. The quantitative estimate of drug-likeness (QED) is 0.917. The molecule has 21 heavy (non-hydrogen) atoms. The Morgan fingerprint density at radius 3 is 2.43 bits per heavy atom. The second kappa shape index (κ2) is 6.12. The second-order valence-electron chi connectivity index (χ2n) is 5.18. The predicted octanol–water partition coefficient (Wildman–Crippen LogP) is 3.54. The lowest BCUT2D eigenvalue weighted by molar-refractivity contribution is 0.726. The Hall–Kier alpha value is -1.46. The van der Waals surface area contributed by atoms with Gasteiger partial charge in [-0.3, -0.25) is 0 Å². The lowest BCUT2D eigenvalue weighted by Crippen LogP contribution is -2.25. The summed E-state index contributed by atoms with van der Waals surface area (Å²) in [5, 5.41) is 5.60. The summed E-state index contributed by atoms with van der Waals surface area (Å²) < 4.78 is 1.57. The summed E-state index contributed by atoms with van der Waals surface area (Å²) in [6.07, 6.45) is 4.84. The molecule has 1 aliphatic rings. The average molecular weight is 326 g/mol. The molecule has 0 aliphatic carbocycles. The van der Waals surface area contributed by atoms with Crippen molar-refractivity contribution in [3.8, 4) is 5.69 Å². The third-order valence-electron chi connectivity index (χ3n) is 3.65. The van der Waals surface area contributed by atoms with Gasteiger partial charge in [0.15, 0.2) is 0 Å². The Morgan fingerprint density at radius 2 is 1.76 bits per heavy atom. The molecule has 1 saturated heterocycles. The number of rotatable bonds is 2. The third kappa shape index (κ3) is 3.09. The largest absolute Gasteiger partial charge is 0.368 e. The van der Waals surface area contributed by atoms with Gasteiger partial charge in [-0.05, 0) is 31.0 Å². The zero-order chi connectivity index (χ0) is 14.8. The van der Waals surface area contributed by atoms with E-state index in [-0.39, 0.29) is 0 Å². The minimum Gasteiger partial charge on any atom is -0.368 e. The van der Waals surface area contributed by atoms with Gasteiger partial charge in [-0.25, -0.2) is 0 Å². The molecule has 1 aromatic heterocycles. The van der Waals surface area contributed by atoms with Crippen LogP contribution < -0.4 is 10.6 Å². The normalized spacial score (nSPS) is 16.0. The van der Waals surface area contributed by atoms with E-state index in [4.69, 9.17) is 28.9 Å². The summed E-state index contributed by atoms with van der Waals surface area (Å²) >= 11 is 12.1. The van der Waals surface area contributed by atoms with Crippen LogP contribution in [0.4, 0.5) is 11.9 Å². The van der Waals surface area contributed by atoms with Crippen LogP contribution in [-0.2, 0) is 0 Å². The van der Waals surface area contributed by atoms with E-state index in [9.17, 15) is 0 Å². The van der Waals surface area contributed by atoms with Crippen LogP contribution in [0.1, 0.15) is 25.7 Å². The highest BCUT2D eigenvalue weighted by molar-refractivity contribution is 6.35. The lowest BCUT2D eigenvalue weighted by Gasteiger charge is -2.17. The molecule has 3 rings (SSSR count). The molecule has 1 fully saturated rings. The number of nitrogen functional groups attached to an aromatic ring is 1. The maximum atomic E-state index is 6.21. The van der Waals surface area contributed by atoms with Gasteiger partial charge in [-0.15, -0.1) is 5.10 Å². The van der Waals surface area contributed by atoms with E-state index in [1.807, 2.05) is 0 Å². The Labute approximate surface area is 133 Å². The molecule has 0 atom stereocenters. The first kappa shape index (κ1) is 14.5. The topological polar surface area (TPSA) is 60.0 Å². The van der Waals surface area contributed by atoms with Crippen LogP contribution in [0.2, 0.25) is 10.0 Å². The molecule has 0 saturated carbocycles. The zero-order valence-corrected chi connectivity index (χ0v) is 13.1. The SMILES string of the molecule is Nc1nc(N2CCCCCC2)nn1-c1ccc(Cl)cc1Cl. The van der Waals surface area contributed by atoms with Crippen LogP contribution in [0.25, 0.3) is 5.69 Å². The summed E-state index contributed by atoms with van der Waals surface area (Å²) in [4.78, 5) is 6.56. The van der Waals surface area contributed by atoms with E-state index in [0.717, 1.165) is 25.9 Å². The van der Waals surface area contributed by atoms with Gasteiger partial charge in [-0.1, -0.05) is 36.0 Å². The fraction of sp³-hybridized carbons (Fsp3) is 0.429. The van der Waals surface area contributed by atoms with Crippen molar-refractivity contribution in [2.45, 2.75) is 25.7 Å². The van der Waals surface area contributed by atoms with Gasteiger partial charge in [-0.2, -0.15) is 9.67 Å². The fourth-order valence-electron chi connectivity index (χ4n) is 2.55. The summed E-state index contributed by atoms with van der Waals surface area (Å²) in [5.41, 5.74) is 6.68. The maximum absolute atomic E-state index is 6.21. The van der Waals surface area contributed by atoms with Crippen molar-refractivity contribution < 1.29 is 0 Å². The van der Waals surface area contributed by atoms with Crippen molar-refractivity contribution in [1.29, 1.82) is 0 Å². The van der Waals surface area contributed by atoms with Gasteiger partial charge in [0.05, 0.1) is 10.7 Å². The van der Waals surface area contributed by atoms with Gasteiger partial charge in [0.25, 0.3) is 0 Å². The Kier molecular flexibility index (Phi) is 4.22. The van der Waals surface area contributed by atoms with Gasteiger partial charge in [0.1, 0.15) is 0 Å². The van der Waals surface area contributed by atoms with E-state index in [1.165, 1.54) is 12.8 Å². The third-order valence-corrected chi connectivity index (χ3v) is 4.19. The van der Waals surface area contributed by atoms with Crippen LogP contribution in [-0.4, -0.2) is 27.9 Å². The van der Waals surface area contributed by atoms with Crippen LogP contribution in [0.5, 0.6) is 0 Å². The Morgan fingerprint density at radius 1 is 1.05 bits per heavy atom. The molecule has 0 radical (unpaired) electrons. The summed E-state index contributed by atoms with van der Waals surface area (Å²) in [5.74, 6) is 0.999. The highest BCUT2D eigenvalue weighted by atomic mass is 35.5. The number of aromatic nitrogens is 3. The summed E-state index contributed by atoms with van der Waals surface area (Å²) in [6, 6.07) is 5.22. The number of nitrogens with two attached hydrogens (primary N) is 1. The van der Waals surface area contributed by atoms with Crippen molar-refractivity contribution >= 4 is 35.1 Å². The molecule has 2 heterocycles. The maximum Gasteiger partial charge on any atom is 0.246 e. The predicted molar refractivity (Wildman–Crippen MR) is 86.5 cm³/mol. The molecule has 1 aliphatic heterocycles. The fourth-order valence-corrected chi connectivity index (χ4v) is 3.04. The van der Waals surface area contributed by atoms with Gasteiger partial charge in [0, 0.05) is 18.1 Å². The molecule has 0 bridgehead atoms. The lowest BCUT2D eigenvalue weighted by atomic mass is 10.2. The molecule has 2 N–H and O–H groups in total. The molecule has 2 aromatic rings. The Balaban J connectivity index is 1.93. The zero-order valence-electron chi connectivity index (χ0n) is 11.6. The van der Waals surface area contributed by atoms with E-state index in [2.05, 4.69) is 15.0 Å². The van der Waals surface area contributed by atoms with Crippen molar-refractivity contribution in [3.63, 3.8) is 0 Å². The molecule has 112 valence electrons. The van der Waals surface area contributed by atoms with Crippen molar-refractivity contribution in [1.82, 2.24) is 14.8 Å². The van der Waals surface area contributed by atoms with E-state index in [1.54, 1.807) is 22.9 Å².